The fourth-order valence-electron chi connectivity index (χ4n) is 1.78. The van der Waals surface area contributed by atoms with Crippen LogP contribution < -0.4 is 0 Å². The Labute approximate surface area is 170 Å². The molecule has 0 radical (unpaired) electrons. The van der Waals surface area contributed by atoms with Gasteiger partial charge >= 0.3 is 17.6 Å². The third-order valence-corrected chi connectivity index (χ3v) is 6.95. The van der Waals surface area contributed by atoms with Gasteiger partial charge in [0.05, 0.1) is 6.04 Å². The first-order chi connectivity index (χ1) is 13.1. The van der Waals surface area contributed by atoms with E-state index in [4.69, 9.17) is 13.3 Å². The molecular weight excluding hydrogens is 428 g/mol. The minimum absolute atomic E-state index is 0.158. The van der Waals surface area contributed by atoms with E-state index in [1.165, 1.54) is 6.55 Å². The molecule has 0 amide bonds. The standard InChI is InChI=1S/C8H14O6Si.C7H12O6Si/c1-5-15(12-6(2)9,13-7(3)10)14-8(4)11;1-5(8)11-14(4,12-6(2)9)13-7(3)10/h5H2,1-4H3;1-4H3. The summed E-state index contributed by atoms with van der Waals surface area (Å²) in [5.74, 6) is -3.94. The molecule has 0 aromatic rings. The topological polar surface area (TPSA) is 158 Å². The molecule has 12 nitrogen and oxygen atoms in total. The number of carbonyl (C=O) groups excluding carboxylic acids is 6. The first kappa shape index (κ1) is 28.5. The molecule has 29 heavy (non-hydrogen) atoms. The fourth-order valence-corrected chi connectivity index (χ4v) is 5.35. The fraction of sp³-hybridized carbons (Fsp3) is 0.600. The van der Waals surface area contributed by atoms with Crippen LogP contribution in [0.3, 0.4) is 0 Å². The van der Waals surface area contributed by atoms with Crippen molar-refractivity contribution in [2.45, 2.75) is 61.1 Å². The highest BCUT2D eigenvalue weighted by Crippen LogP contribution is 2.16. The summed E-state index contributed by atoms with van der Waals surface area (Å²) >= 11 is 0. The van der Waals surface area contributed by atoms with E-state index in [0.29, 0.717) is 0 Å². The Kier molecular flexibility index (Phi) is 12.4. The maximum Gasteiger partial charge on any atom is 0.704 e. The molecule has 0 aliphatic heterocycles. The van der Waals surface area contributed by atoms with Crippen LogP contribution in [0.25, 0.3) is 0 Å². The Balaban J connectivity index is 0. The van der Waals surface area contributed by atoms with E-state index in [2.05, 4.69) is 13.3 Å². The van der Waals surface area contributed by atoms with Crippen LogP contribution in [-0.4, -0.2) is 53.4 Å². The molecule has 0 fully saturated rings. The molecule has 0 bridgehead atoms. The molecule has 0 aliphatic rings. The summed E-state index contributed by atoms with van der Waals surface area (Å²) in [6.45, 7) is 9.78. The molecule has 0 N–H and O–H groups in total. The zero-order chi connectivity index (χ0) is 23.4. The highest BCUT2D eigenvalue weighted by molar-refractivity contribution is 6.65. The van der Waals surface area contributed by atoms with Crippen molar-refractivity contribution in [1.82, 2.24) is 0 Å². The molecule has 0 aromatic heterocycles. The van der Waals surface area contributed by atoms with Crippen molar-refractivity contribution >= 4 is 53.4 Å². The highest BCUT2D eigenvalue weighted by atomic mass is 28.4. The van der Waals surface area contributed by atoms with Crippen LogP contribution in [-0.2, 0) is 55.3 Å². The SMILES string of the molecule is CC(=O)O[Si](C)(OC(C)=O)OC(C)=O.CC[Si](OC(C)=O)(OC(C)=O)OC(C)=O. The van der Waals surface area contributed by atoms with Gasteiger partial charge in [-0.2, -0.15) is 0 Å². The van der Waals surface area contributed by atoms with Crippen molar-refractivity contribution in [3.8, 4) is 0 Å². The van der Waals surface area contributed by atoms with E-state index in [1.54, 1.807) is 6.92 Å². The van der Waals surface area contributed by atoms with Gasteiger partial charge < -0.3 is 26.6 Å². The first-order valence-electron chi connectivity index (χ1n) is 8.23. The van der Waals surface area contributed by atoms with Crippen molar-refractivity contribution in [3.63, 3.8) is 0 Å². The largest absolute Gasteiger partial charge is 0.704 e. The summed E-state index contributed by atoms with van der Waals surface area (Å²) in [5.41, 5.74) is 0. The van der Waals surface area contributed by atoms with Gasteiger partial charge in [-0.05, 0) is 0 Å². The number of hydrogen-bond donors (Lipinski definition) is 0. The second kappa shape index (κ2) is 12.7. The quantitative estimate of drug-likeness (QED) is 0.501. The van der Waals surface area contributed by atoms with Gasteiger partial charge in [0.25, 0.3) is 35.8 Å². The van der Waals surface area contributed by atoms with Gasteiger partial charge in [-0.3, -0.25) is 28.8 Å². The van der Waals surface area contributed by atoms with E-state index >= 15 is 0 Å². The molecule has 166 valence electrons. The van der Waals surface area contributed by atoms with Crippen LogP contribution in [0.2, 0.25) is 12.6 Å². The third-order valence-electron chi connectivity index (χ3n) is 2.32. The molecule has 0 rings (SSSR count). The van der Waals surface area contributed by atoms with Gasteiger partial charge in [0.2, 0.25) is 0 Å². The minimum Gasteiger partial charge on any atom is -0.455 e. The summed E-state index contributed by atoms with van der Waals surface area (Å²) in [6, 6.07) is 0.158. The van der Waals surface area contributed by atoms with Crippen LogP contribution in [0, 0.1) is 0 Å². The van der Waals surface area contributed by atoms with Crippen LogP contribution in [0.5, 0.6) is 0 Å². The number of hydrogen-bond acceptors (Lipinski definition) is 12. The van der Waals surface area contributed by atoms with Crippen molar-refractivity contribution in [1.29, 1.82) is 0 Å². The predicted octanol–water partition coefficient (Wildman–Crippen LogP) is 0.879. The van der Waals surface area contributed by atoms with E-state index in [-0.39, 0.29) is 6.04 Å². The summed E-state index contributed by atoms with van der Waals surface area (Å²) in [5, 5.41) is 0. The average Bonchev–Trinajstić information content (AvgIpc) is 2.41. The molecular formula is C15H26O12Si2. The molecule has 0 saturated heterocycles. The van der Waals surface area contributed by atoms with Gasteiger partial charge in [-0.25, -0.2) is 0 Å². The van der Waals surface area contributed by atoms with Crippen LogP contribution >= 0.6 is 0 Å². The van der Waals surface area contributed by atoms with E-state index in [1.807, 2.05) is 0 Å². The summed E-state index contributed by atoms with van der Waals surface area (Å²) in [7, 11) is -6.99. The lowest BCUT2D eigenvalue weighted by atomic mass is 10.9. The van der Waals surface area contributed by atoms with Crippen LogP contribution in [0.15, 0.2) is 0 Å². The second-order valence-electron chi connectivity index (χ2n) is 5.46. The molecule has 0 aromatic carbocycles. The molecule has 0 heterocycles. The Morgan fingerprint density at radius 1 is 0.517 bits per heavy atom. The van der Waals surface area contributed by atoms with Gasteiger partial charge in [0.15, 0.2) is 0 Å². The zero-order valence-electron chi connectivity index (χ0n) is 17.6. The molecule has 0 atom stereocenters. The summed E-state index contributed by atoms with van der Waals surface area (Å²) < 4.78 is 28.5. The first-order valence-corrected chi connectivity index (χ1v) is 12.4. The second-order valence-corrected chi connectivity index (χ2v) is 10.5. The van der Waals surface area contributed by atoms with Crippen molar-refractivity contribution < 1.29 is 55.3 Å². The lowest BCUT2D eigenvalue weighted by molar-refractivity contribution is -0.150. The molecule has 0 aliphatic carbocycles. The third kappa shape index (κ3) is 14.9. The summed E-state index contributed by atoms with van der Waals surface area (Å²) in [4.78, 5) is 64.4. The monoisotopic (exact) mass is 454 g/mol. The van der Waals surface area contributed by atoms with E-state index in [0.717, 1.165) is 41.5 Å². The number of rotatable bonds is 7. The van der Waals surface area contributed by atoms with E-state index in [9.17, 15) is 28.8 Å². The van der Waals surface area contributed by atoms with Crippen LogP contribution in [0.1, 0.15) is 48.5 Å². The molecule has 0 saturated carbocycles. The Morgan fingerprint density at radius 3 is 0.862 bits per heavy atom. The van der Waals surface area contributed by atoms with Crippen molar-refractivity contribution in [3.05, 3.63) is 0 Å². The lowest BCUT2D eigenvalue weighted by Gasteiger charge is -2.24. The normalized spacial score (nSPS) is 10.3. The van der Waals surface area contributed by atoms with Gasteiger partial charge in [0.1, 0.15) is 0 Å². The van der Waals surface area contributed by atoms with Crippen LogP contribution in [0.4, 0.5) is 0 Å². The van der Waals surface area contributed by atoms with Gasteiger partial charge in [-0.15, -0.1) is 0 Å². The average molecular weight is 455 g/mol. The molecule has 14 heteroatoms. The smallest absolute Gasteiger partial charge is 0.455 e. The molecule has 0 unspecified atom stereocenters. The molecule has 0 spiro atoms. The van der Waals surface area contributed by atoms with Gasteiger partial charge in [-0.1, -0.05) is 6.92 Å². The Morgan fingerprint density at radius 2 is 0.724 bits per heavy atom. The predicted molar refractivity (Wildman–Crippen MR) is 98.4 cm³/mol. The van der Waals surface area contributed by atoms with Crippen molar-refractivity contribution in [2.24, 2.45) is 0 Å². The minimum atomic E-state index is -3.51. The highest BCUT2D eigenvalue weighted by Gasteiger charge is 2.49. The zero-order valence-corrected chi connectivity index (χ0v) is 19.6. The Hall–Kier alpha value is -2.75. The van der Waals surface area contributed by atoms with Crippen molar-refractivity contribution in [2.75, 3.05) is 0 Å². The van der Waals surface area contributed by atoms with Gasteiger partial charge in [0, 0.05) is 48.1 Å². The van der Waals surface area contributed by atoms with E-state index < -0.39 is 53.4 Å². The number of carbonyl (C=O) groups is 6. The summed E-state index contributed by atoms with van der Waals surface area (Å²) in [6.07, 6.45) is 0. The maximum absolute atomic E-state index is 10.8. The lowest BCUT2D eigenvalue weighted by Crippen LogP contribution is -2.48. The Bertz CT molecular complexity index is 564. The maximum atomic E-state index is 10.8.